The summed E-state index contributed by atoms with van der Waals surface area (Å²) in [5.41, 5.74) is 0. The number of rotatable bonds is 4. The molecule has 0 spiro atoms. The maximum Gasteiger partial charge on any atom is 0.205 e. The van der Waals surface area contributed by atoms with Crippen LogP contribution in [0.5, 0.6) is 0 Å². The predicted molar refractivity (Wildman–Crippen MR) is 39.8 cm³/mol. The van der Waals surface area contributed by atoms with Crippen LogP contribution in [0.2, 0.25) is 0 Å². The Morgan fingerprint density at radius 1 is 1.80 bits per heavy atom. The minimum absolute atomic E-state index is 0.214. The summed E-state index contributed by atoms with van der Waals surface area (Å²) in [6, 6.07) is 0. The van der Waals surface area contributed by atoms with Crippen LogP contribution in [0.25, 0.3) is 0 Å². The lowest BCUT2D eigenvalue weighted by Gasteiger charge is -2.11. The van der Waals surface area contributed by atoms with Crippen LogP contribution < -0.4 is 0 Å². The van der Waals surface area contributed by atoms with Crippen molar-refractivity contribution in [2.45, 2.75) is 13.0 Å². The van der Waals surface area contributed by atoms with E-state index in [0.29, 0.717) is 12.3 Å². The van der Waals surface area contributed by atoms with Gasteiger partial charge in [0.25, 0.3) is 0 Å². The van der Waals surface area contributed by atoms with Gasteiger partial charge in [-0.1, -0.05) is 6.92 Å². The highest BCUT2D eigenvalue weighted by Crippen LogP contribution is 2.47. The Labute approximate surface area is 61.2 Å². The molecule has 4 heteroatoms. The van der Waals surface area contributed by atoms with Crippen LogP contribution >= 0.6 is 7.37 Å². The highest BCUT2D eigenvalue weighted by Gasteiger charge is 2.32. The smallest absolute Gasteiger partial charge is 0.205 e. The molecule has 0 saturated carbocycles. The normalized spacial score (nSPS) is 29.6. The van der Waals surface area contributed by atoms with Crippen LogP contribution in [0.15, 0.2) is 0 Å². The second kappa shape index (κ2) is 3.04. The van der Waals surface area contributed by atoms with Gasteiger partial charge in [0.2, 0.25) is 7.37 Å². The van der Waals surface area contributed by atoms with Gasteiger partial charge in [-0.25, -0.2) is 0 Å². The Balaban J connectivity index is 2.37. The first-order valence-electron chi connectivity index (χ1n) is 3.45. The van der Waals surface area contributed by atoms with Gasteiger partial charge in [0, 0.05) is 13.3 Å². The molecule has 3 nitrogen and oxygen atoms in total. The highest BCUT2D eigenvalue weighted by atomic mass is 31.2. The van der Waals surface area contributed by atoms with Gasteiger partial charge in [-0.2, -0.15) is 0 Å². The molecule has 0 aromatic rings. The average Bonchev–Trinajstić information content (AvgIpc) is 2.72. The predicted octanol–water partition coefficient (Wildman–Crippen LogP) is 1.33. The van der Waals surface area contributed by atoms with Crippen LogP contribution in [0.1, 0.15) is 6.92 Å². The minimum Gasteiger partial charge on any atom is -0.373 e. The Morgan fingerprint density at radius 2 is 2.40 bits per heavy atom. The summed E-state index contributed by atoms with van der Waals surface area (Å²) in [5.74, 6) is 0. The molecule has 0 radical (unpaired) electrons. The van der Waals surface area contributed by atoms with Crippen molar-refractivity contribution in [3.8, 4) is 0 Å². The van der Waals surface area contributed by atoms with E-state index in [2.05, 4.69) is 0 Å². The van der Waals surface area contributed by atoms with E-state index in [-0.39, 0.29) is 6.10 Å². The number of ether oxygens (including phenoxy) is 1. The molecule has 0 aromatic carbocycles. The first-order valence-corrected chi connectivity index (χ1v) is 5.45. The van der Waals surface area contributed by atoms with Crippen molar-refractivity contribution in [2.24, 2.45) is 0 Å². The minimum atomic E-state index is -2.30. The van der Waals surface area contributed by atoms with E-state index < -0.39 is 7.37 Å². The van der Waals surface area contributed by atoms with Crippen molar-refractivity contribution >= 4 is 7.37 Å². The van der Waals surface area contributed by atoms with Gasteiger partial charge >= 0.3 is 0 Å². The largest absolute Gasteiger partial charge is 0.373 e. The van der Waals surface area contributed by atoms with Gasteiger partial charge < -0.3 is 9.26 Å². The van der Waals surface area contributed by atoms with E-state index in [1.54, 1.807) is 0 Å². The summed E-state index contributed by atoms with van der Waals surface area (Å²) in [6.07, 6.45) is 1.43. The molecule has 0 bridgehead atoms. The maximum absolute atomic E-state index is 11.5. The van der Waals surface area contributed by atoms with Crippen molar-refractivity contribution in [1.82, 2.24) is 0 Å². The van der Waals surface area contributed by atoms with Crippen LogP contribution in [-0.2, 0) is 13.8 Å². The van der Waals surface area contributed by atoms with Gasteiger partial charge in [-0.15, -0.1) is 0 Å². The molecule has 0 aromatic heterocycles. The van der Waals surface area contributed by atoms with Crippen molar-refractivity contribution < 1.29 is 13.8 Å². The topological polar surface area (TPSA) is 38.8 Å². The molecule has 0 N–H and O–H groups in total. The van der Waals surface area contributed by atoms with Crippen LogP contribution in [-0.4, -0.2) is 32.1 Å². The molecule has 60 valence electrons. The van der Waals surface area contributed by atoms with E-state index >= 15 is 0 Å². The molecular formula is C6H13O3P. The summed E-state index contributed by atoms with van der Waals surface area (Å²) in [7, 11) is -0.793. The fourth-order valence-electron chi connectivity index (χ4n) is 0.816. The Kier molecular flexibility index (Phi) is 2.50. The number of epoxide rings is 1. The zero-order valence-corrected chi connectivity index (χ0v) is 7.27. The summed E-state index contributed by atoms with van der Waals surface area (Å²) in [6.45, 7) is 2.64. The van der Waals surface area contributed by atoms with Gasteiger partial charge in [0.05, 0.1) is 18.9 Å². The third kappa shape index (κ3) is 2.08. The number of hydrogen-bond donors (Lipinski definition) is 0. The van der Waals surface area contributed by atoms with E-state index in [4.69, 9.17) is 9.26 Å². The first-order chi connectivity index (χ1) is 4.70. The standard InChI is InChI=1S/C6H13O3P/c1-3-10(7,8-2)5-6-4-9-6/h6H,3-5H2,1-2H3. The lowest BCUT2D eigenvalue weighted by molar-refractivity contribution is 0.378. The molecule has 0 amide bonds. The molecular weight excluding hydrogens is 151 g/mol. The maximum atomic E-state index is 11.5. The molecule has 0 aliphatic carbocycles. The van der Waals surface area contributed by atoms with Gasteiger partial charge in [-0.3, -0.25) is 4.57 Å². The molecule has 1 fully saturated rings. The zero-order chi connectivity index (χ0) is 7.61. The van der Waals surface area contributed by atoms with E-state index in [1.807, 2.05) is 6.92 Å². The SMILES string of the molecule is CCP(=O)(CC1CO1)OC. The van der Waals surface area contributed by atoms with Gasteiger partial charge in [0.15, 0.2) is 0 Å². The fourth-order valence-corrected chi connectivity index (χ4v) is 2.31. The molecule has 2 unspecified atom stereocenters. The van der Waals surface area contributed by atoms with E-state index in [9.17, 15) is 4.57 Å². The van der Waals surface area contributed by atoms with Crippen LogP contribution in [0.4, 0.5) is 0 Å². The summed E-state index contributed by atoms with van der Waals surface area (Å²) < 4.78 is 21.4. The van der Waals surface area contributed by atoms with E-state index in [0.717, 1.165) is 6.61 Å². The molecule has 1 saturated heterocycles. The average molecular weight is 164 g/mol. The molecule has 1 aliphatic rings. The van der Waals surface area contributed by atoms with E-state index in [1.165, 1.54) is 7.11 Å². The monoisotopic (exact) mass is 164 g/mol. The second-order valence-corrected chi connectivity index (χ2v) is 5.44. The third-order valence-corrected chi connectivity index (χ3v) is 4.29. The van der Waals surface area contributed by atoms with Crippen molar-refractivity contribution in [2.75, 3.05) is 26.0 Å². The zero-order valence-electron chi connectivity index (χ0n) is 6.37. The highest BCUT2D eigenvalue weighted by molar-refractivity contribution is 7.59. The molecule has 1 aliphatic heterocycles. The van der Waals surface area contributed by atoms with Crippen molar-refractivity contribution in [3.63, 3.8) is 0 Å². The van der Waals surface area contributed by atoms with Crippen molar-refractivity contribution in [1.29, 1.82) is 0 Å². The molecule has 1 heterocycles. The summed E-state index contributed by atoms with van der Waals surface area (Å²) in [5, 5.41) is 0. The molecule has 1 rings (SSSR count). The van der Waals surface area contributed by atoms with Crippen LogP contribution in [0.3, 0.4) is 0 Å². The van der Waals surface area contributed by atoms with Crippen molar-refractivity contribution in [3.05, 3.63) is 0 Å². The molecule has 10 heavy (non-hydrogen) atoms. The van der Waals surface area contributed by atoms with Gasteiger partial charge in [0.1, 0.15) is 0 Å². The summed E-state index contributed by atoms with van der Waals surface area (Å²) in [4.78, 5) is 0. The van der Waals surface area contributed by atoms with Gasteiger partial charge in [-0.05, 0) is 0 Å². The molecule has 2 atom stereocenters. The summed E-state index contributed by atoms with van der Waals surface area (Å²) >= 11 is 0. The Morgan fingerprint density at radius 3 is 2.70 bits per heavy atom. The Hall–Kier alpha value is 0.150. The quantitative estimate of drug-likeness (QED) is 0.464. The first kappa shape index (κ1) is 8.25. The Bertz CT molecular complexity index is 145. The fraction of sp³-hybridized carbons (Fsp3) is 1.00. The third-order valence-electron chi connectivity index (χ3n) is 1.70. The second-order valence-electron chi connectivity index (χ2n) is 2.45. The number of hydrogen-bond acceptors (Lipinski definition) is 3. The van der Waals surface area contributed by atoms with Crippen LogP contribution in [0, 0.1) is 0 Å². The lowest BCUT2D eigenvalue weighted by Crippen LogP contribution is -2.00. The lowest BCUT2D eigenvalue weighted by atomic mass is 10.6.